The Morgan fingerprint density at radius 2 is 1.82 bits per heavy atom. The zero-order chi connectivity index (χ0) is 15.9. The number of benzene rings is 2. The largest absolute Gasteiger partial charge is 0.287 e. The van der Waals surface area contributed by atoms with E-state index >= 15 is 0 Å². The Bertz CT molecular complexity index is 772. The molecule has 3 rings (SSSR count). The van der Waals surface area contributed by atoms with Gasteiger partial charge < -0.3 is 0 Å². The third-order valence-electron chi connectivity index (χ3n) is 4.32. The highest BCUT2D eigenvalue weighted by Gasteiger charge is 2.35. The lowest BCUT2D eigenvalue weighted by Crippen LogP contribution is -2.38. The first-order valence-electron chi connectivity index (χ1n) is 7.71. The predicted molar refractivity (Wildman–Crippen MR) is 91.4 cm³/mol. The monoisotopic (exact) mass is 294 g/mol. The van der Waals surface area contributed by atoms with E-state index in [1.54, 1.807) is 0 Å². The number of hydrogen-bond acceptors (Lipinski definition) is 2. The average molecular weight is 294 g/mol. The molecule has 3 nitrogen and oxygen atoms in total. The highest BCUT2D eigenvalue weighted by molar-refractivity contribution is 6.04. The smallest absolute Gasteiger partial charge is 0.263 e. The minimum absolute atomic E-state index is 0.0485. The average Bonchev–Trinajstić information content (AvgIpc) is 2.74. The van der Waals surface area contributed by atoms with Crippen LogP contribution in [0.1, 0.15) is 44.7 Å². The number of amides is 1. The second-order valence-corrected chi connectivity index (χ2v) is 6.71. The van der Waals surface area contributed by atoms with Gasteiger partial charge in [-0.1, -0.05) is 50.2 Å². The summed E-state index contributed by atoms with van der Waals surface area (Å²) in [6.45, 7) is 8.39. The number of rotatable bonds is 2. The summed E-state index contributed by atoms with van der Waals surface area (Å²) in [6.07, 6.45) is 2.05. The molecule has 0 aliphatic carbocycles. The Kier molecular flexibility index (Phi) is 3.53. The van der Waals surface area contributed by atoms with E-state index in [0.717, 1.165) is 11.1 Å². The van der Waals surface area contributed by atoms with Gasteiger partial charge in [-0.15, -0.1) is 0 Å². The van der Waals surface area contributed by atoms with Crippen LogP contribution in [0.5, 0.6) is 0 Å². The SMILES string of the molecule is CC(C)c1ccc2ccccc2c1/C=C1\C(=O)NNC1(C)C. The van der Waals surface area contributed by atoms with Crippen LogP contribution in [0.15, 0.2) is 42.0 Å². The topological polar surface area (TPSA) is 41.1 Å². The van der Waals surface area contributed by atoms with E-state index in [9.17, 15) is 4.79 Å². The highest BCUT2D eigenvalue weighted by atomic mass is 16.2. The van der Waals surface area contributed by atoms with Gasteiger partial charge in [0, 0.05) is 5.57 Å². The van der Waals surface area contributed by atoms with Crippen molar-refractivity contribution in [3.63, 3.8) is 0 Å². The summed E-state index contributed by atoms with van der Waals surface area (Å²) >= 11 is 0. The Hall–Kier alpha value is -2.13. The summed E-state index contributed by atoms with van der Waals surface area (Å²) in [4.78, 5) is 12.2. The number of carbonyl (C=O) groups is 1. The number of hydrogen-bond donors (Lipinski definition) is 2. The minimum Gasteiger partial charge on any atom is -0.287 e. The molecule has 1 aliphatic heterocycles. The molecule has 0 saturated carbocycles. The van der Waals surface area contributed by atoms with E-state index in [2.05, 4.69) is 49.0 Å². The van der Waals surface area contributed by atoms with E-state index in [-0.39, 0.29) is 11.4 Å². The van der Waals surface area contributed by atoms with Crippen molar-refractivity contribution < 1.29 is 4.79 Å². The second kappa shape index (κ2) is 5.25. The third-order valence-corrected chi connectivity index (χ3v) is 4.32. The van der Waals surface area contributed by atoms with Crippen LogP contribution in [0.3, 0.4) is 0 Å². The van der Waals surface area contributed by atoms with Crippen LogP contribution in [0.2, 0.25) is 0 Å². The van der Waals surface area contributed by atoms with Gasteiger partial charge in [0.1, 0.15) is 0 Å². The molecule has 0 radical (unpaired) electrons. The van der Waals surface area contributed by atoms with Gasteiger partial charge in [-0.2, -0.15) is 0 Å². The van der Waals surface area contributed by atoms with Gasteiger partial charge in [0.05, 0.1) is 5.54 Å². The molecule has 2 aromatic carbocycles. The van der Waals surface area contributed by atoms with Crippen LogP contribution >= 0.6 is 0 Å². The summed E-state index contributed by atoms with van der Waals surface area (Å²) in [7, 11) is 0. The molecule has 1 fully saturated rings. The molecule has 0 unspecified atom stereocenters. The van der Waals surface area contributed by atoms with Crippen LogP contribution in [0, 0.1) is 0 Å². The molecule has 3 heteroatoms. The van der Waals surface area contributed by atoms with Gasteiger partial charge in [0.25, 0.3) is 5.91 Å². The van der Waals surface area contributed by atoms with Crippen LogP contribution in [0.4, 0.5) is 0 Å². The summed E-state index contributed by atoms with van der Waals surface area (Å²) < 4.78 is 0. The summed E-state index contributed by atoms with van der Waals surface area (Å²) in [5.41, 5.74) is 8.57. The van der Waals surface area contributed by atoms with Crippen molar-refractivity contribution in [2.75, 3.05) is 0 Å². The van der Waals surface area contributed by atoms with E-state index in [1.807, 2.05) is 32.1 Å². The van der Waals surface area contributed by atoms with Crippen LogP contribution < -0.4 is 10.9 Å². The minimum atomic E-state index is -0.373. The second-order valence-electron chi connectivity index (χ2n) is 6.71. The fourth-order valence-electron chi connectivity index (χ4n) is 3.00. The van der Waals surface area contributed by atoms with Crippen LogP contribution in [-0.2, 0) is 4.79 Å². The van der Waals surface area contributed by atoms with E-state index in [4.69, 9.17) is 0 Å². The fraction of sp³-hybridized carbons (Fsp3) is 0.316. The van der Waals surface area contributed by atoms with Crippen molar-refractivity contribution >= 4 is 22.8 Å². The Labute approximate surface area is 131 Å². The van der Waals surface area contributed by atoms with Gasteiger partial charge >= 0.3 is 0 Å². The first-order chi connectivity index (χ1) is 10.4. The number of hydrazine groups is 1. The molecule has 0 spiro atoms. The molecule has 2 aromatic rings. The first kappa shape index (κ1) is 14.8. The van der Waals surface area contributed by atoms with E-state index in [0.29, 0.717) is 5.92 Å². The Balaban J connectivity index is 2.29. The maximum atomic E-state index is 12.2. The quantitative estimate of drug-likeness (QED) is 0.828. The highest BCUT2D eigenvalue weighted by Crippen LogP contribution is 2.32. The molecule has 22 heavy (non-hydrogen) atoms. The number of nitrogens with one attached hydrogen (secondary N) is 2. The van der Waals surface area contributed by atoms with Gasteiger partial charge in [0.15, 0.2) is 0 Å². The molecule has 1 amide bonds. The number of fused-ring (bicyclic) bond motifs is 1. The molecular weight excluding hydrogens is 272 g/mol. The zero-order valence-corrected chi connectivity index (χ0v) is 13.5. The van der Waals surface area contributed by atoms with Gasteiger partial charge in [-0.05, 0) is 47.7 Å². The van der Waals surface area contributed by atoms with Crippen molar-refractivity contribution in [2.45, 2.75) is 39.2 Å². The third kappa shape index (κ3) is 2.42. The van der Waals surface area contributed by atoms with Crippen molar-refractivity contribution in [3.8, 4) is 0 Å². The Morgan fingerprint density at radius 3 is 2.45 bits per heavy atom. The zero-order valence-electron chi connectivity index (χ0n) is 13.5. The van der Waals surface area contributed by atoms with Crippen molar-refractivity contribution in [1.29, 1.82) is 0 Å². The molecule has 0 bridgehead atoms. The summed E-state index contributed by atoms with van der Waals surface area (Å²) in [6, 6.07) is 12.7. The van der Waals surface area contributed by atoms with Crippen molar-refractivity contribution in [3.05, 3.63) is 53.1 Å². The normalized spacial score (nSPS) is 19.1. The standard InChI is InChI=1S/C19H22N2O/c1-12(2)14-10-9-13-7-5-6-8-15(13)16(14)11-17-18(22)20-21-19(17,3)4/h5-12,21H,1-4H3,(H,20,22)/b17-11+. The Morgan fingerprint density at radius 1 is 1.09 bits per heavy atom. The van der Waals surface area contributed by atoms with Gasteiger partial charge in [-0.3, -0.25) is 10.2 Å². The van der Waals surface area contributed by atoms with E-state index < -0.39 is 0 Å². The number of carbonyl (C=O) groups excluding carboxylic acids is 1. The molecule has 114 valence electrons. The summed E-state index contributed by atoms with van der Waals surface area (Å²) in [5, 5.41) is 2.39. The molecule has 1 saturated heterocycles. The van der Waals surface area contributed by atoms with Crippen molar-refractivity contribution in [2.24, 2.45) is 0 Å². The molecule has 1 heterocycles. The fourth-order valence-corrected chi connectivity index (χ4v) is 3.00. The molecule has 0 atom stereocenters. The lowest BCUT2D eigenvalue weighted by Gasteiger charge is -2.19. The van der Waals surface area contributed by atoms with Crippen molar-refractivity contribution in [1.82, 2.24) is 10.9 Å². The lowest BCUT2D eigenvalue weighted by molar-refractivity contribution is -0.116. The van der Waals surface area contributed by atoms with Gasteiger partial charge in [0.2, 0.25) is 0 Å². The van der Waals surface area contributed by atoms with Gasteiger partial charge in [-0.25, -0.2) is 5.43 Å². The van der Waals surface area contributed by atoms with E-state index in [1.165, 1.54) is 16.3 Å². The molecule has 2 N–H and O–H groups in total. The maximum Gasteiger partial charge on any atom is 0.263 e. The first-order valence-corrected chi connectivity index (χ1v) is 7.71. The predicted octanol–water partition coefficient (Wildman–Crippen LogP) is 3.76. The molecule has 1 aliphatic rings. The molecular formula is C19H22N2O. The lowest BCUT2D eigenvalue weighted by atomic mass is 9.88. The van der Waals surface area contributed by atoms with Crippen LogP contribution in [0.25, 0.3) is 16.8 Å². The summed E-state index contributed by atoms with van der Waals surface area (Å²) in [5.74, 6) is 0.352. The molecule has 0 aromatic heterocycles. The maximum absolute atomic E-state index is 12.2. The van der Waals surface area contributed by atoms with Crippen LogP contribution in [-0.4, -0.2) is 11.4 Å².